The molecule has 1 unspecified atom stereocenters. The summed E-state index contributed by atoms with van der Waals surface area (Å²) in [6.07, 6.45) is 8.35. The molecule has 156 valence electrons. The van der Waals surface area contributed by atoms with Crippen molar-refractivity contribution in [2.75, 3.05) is 26.8 Å². The van der Waals surface area contributed by atoms with Gasteiger partial charge in [0, 0.05) is 42.3 Å². The van der Waals surface area contributed by atoms with E-state index in [1.807, 2.05) is 12.1 Å². The molecule has 0 saturated carbocycles. The normalized spacial score (nSPS) is 15.9. The molecule has 30 heavy (non-hydrogen) atoms. The van der Waals surface area contributed by atoms with E-state index < -0.39 is 0 Å². The molecule has 5 nitrogen and oxygen atoms in total. The average molecular weight is 405 g/mol. The van der Waals surface area contributed by atoms with Gasteiger partial charge in [-0.3, -0.25) is 4.90 Å². The highest BCUT2D eigenvalue weighted by Gasteiger charge is 2.27. The summed E-state index contributed by atoms with van der Waals surface area (Å²) in [5.74, 6) is -0.347. The number of hydrogen-bond donors (Lipinski definition) is 2. The number of methoxy groups -OCH3 is 1. The first-order valence-electron chi connectivity index (χ1n) is 10.5. The predicted molar refractivity (Wildman–Crippen MR) is 119 cm³/mol. The number of carbonyl (C=O) groups excluding carboxylic acids is 1. The molecule has 3 aromatic rings. The van der Waals surface area contributed by atoms with Gasteiger partial charge in [0.15, 0.2) is 0 Å². The van der Waals surface area contributed by atoms with E-state index >= 15 is 0 Å². The number of hydrogen-bond acceptors (Lipinski definition) is 4. The van der Waals surface area contributed by atoms with Crippen LogP contribution in [0, 0.1) is 0 Å². The molecule has 2 N–H and O–H groups in total. The summed E-state index contributed by atoms with van der Waals surface area (Å²) >= 11 is 0. The maximum absolute atomic E-state index is 11.3. The molecule has 1 aliphatic rings. The molecule has 4 rings (SSSR count). The lowest BCUT2D eigenvalue weighted by molar-refractivity contribution is -0.134. The van der Waals surface area contributed by atoms with E-state index in [1.54, 1.807) is 6.08 Å². The highest BCUT2D eigenvalue weighted by molar-refractivity contribution is 5.87. The number of nitrogens with one attached hydrogen (secondary N) is 1. The molecule has 2 aromatic carbocycles. The topological polar surface area (TPSA) is 65.6 Å². The molecule has 0 saturated heterocycles. The SMILES string of the molecule is COC(=O)/C=C/c1ccc2c(c1)CCC2N(CCO)CCc1c[nH]c2ccccc12. The number of fused-ring (bicyclic) bond motifs is 2. The fraction of sp³-hybridized carbons (Fsp3) is 0.320. The Balaban J connectivity index is 1.49. The third-order valence-corrected chi connectivity index (χ3v) is 6.00. The average Bonchev–Trinajstić information content (AvgIpc) is 3.39. The van der Waals surface area contributed by atoms with Gasteiger partial charge in [0.2, 0.25) is 0 Å². The maximum atomic E-state index is 11.3. The number of aromatic nitrogens is 1. The number of rotatable bonds is 8. The van der Waals surface area contributed by atoms with Crippen LogP contribution in [-0.2, 0) is 22.4 Å². The van der Waals surface area contributed by atoms with Crippen LogP contribution in [0.4, 0.5) is 0 Å². The van der Waals surface area contributed by atoms with E-state index in [1.165, 1.54) is 40.8 Å². The highest BCUT2D eigenvalue weighted by atomic mass is 16.5. The van der Waals surface area contributed by atoms with Crippen LogP contribution in [0.15, 0.2) is 54.7 Å². The van der Waals surface area contributed by atoms with Crippen LogP contribution in [0.1, 0.15) is 34.7 Å². The molecule has 0 amide bonds. The molecule has 1 atom stereocenters. The zero-order valence-electron chi connectivity index (χ0n) is 17.3. The van der Waals surface area contributed by atoms with Crippen LogP contribution >= 0.6 is 0 Å². The first kappa shape index (κ1) is 20.4. The monoisotopic (exact) mass is 404 g/mol. The fourth-order valence-corrected chi connectivity index (χ4v) is 4.48. The van der Waals surface area contributed by atoms with Crippen molar-refractivity contribution >= 4 is 22.9 Å². The molecule has 5 heteroatoms. The van der Waals surface area contributed by atoms with Crippen LogP contribution in [0.5, 0.6) is 0 Å². The number of aromatic amines is 1. The van der Waals surface area contributed by atoms with Gasteiger partial charge >= 0.3 is 5.97 Å². The lowest BCUT2D eigenvalue weighted by Gasteiger charge is -2.29. The van der Waals surface area contributed by atoms with Gasteiger partial charge in [0.25, 0.3) is 0 Å². The second kappa shape index (κ2) is 9.28. The molecule has 0 spiro atoms. The second-order valence-electron chi connectivity index (χ2n) is 7.74. The summed E-state index contributed by atoms with van der Waals surface area (Å²) in [7, 11) is 1.38. The number of benzene rings is 2. The third-order valence-electron chi connectivity index (χ3n) is 6.00. The van der Waals surface area contributed by atoms with Crippen molar-refractivity contribution in [1.82, 2.24) is 9.88 Å². The van der Waals surface area contributed by atoms with Crippen molar-refractivity contribution in [3.05, 3.63) is 77.0 Å². The Kier molecular flexibility index (Phi) is 6.31. The lowest BCUT2D eigenvalue weighted by atomic mass is 10.0. The first-order valence-corrected chi connectivity index (χ1v) is 10.5. The zero-order chi connectivity index (χ0) is 20.9. The van der Waals surface area contributed by atoms with E-state index in [9.17, 15) is 9.90 Å². The number of H-pyrrole nitrogens is 1. The minimum absolute atomic E-state index is 0.152. The van der Waals surface area contributed by atoms with Gasteiger partial charge in [-0.05, 0) is 53.7 Å². The number of nitrogens with zero attached hydrogens (tertiary/aromatic N) is 1. The van der Waals surface area contributed by atoms with Gasteiger partial charge in [-0.2, -0.15) is 0 Å². The smallest absolute Gasteiger partial charge is 0.330 e. The number of aryl methyl sites for hydroxylation is 1. The molecule has 0 fully saturated rings. The summed E-state index contributed by atoms with van der Waals surface area (Å²) in [5.41, 5.74) is 6.14. The van der Waals surface area contributed by atoms with Gasteiger partial charge in [-0.15, -0.1) is 0 Å². The van der Waals surface area contributed by atoms with E-state index in [0.29, 0.717) is 12.6 Å². The molecule has 0 aliphatic heterocycles. The Hall–Kier alpha value is -2.89. The first-order chi connectivity index (χ1) is 14.7. The van der Waals surface area contributed by atoms with Gasteiger partial charge in [0.05, 0.1) is 13.7 Å². The third kappa shape index (κ3) is 4.32. The Labute approximate surface area is 177 Å². The van der Waals surface area contributed by atoms with Crippen LogP contribution in [-0.4, -0.2) is 47.8 Å². The van der Waals surface area contributed by atoms with E-state index in [-0.39, 0.29) is 12.6 Å². The summed E-state index contributed by atoms with van der Waals surface area (Å²) in [5, 5.41) is 10.9. The number of carbonyl (C=O) groups is 1. The number of ether oxygens (including phenoxy) is 1. The minimum Gasteiger partial charge on any atom is -0.466 e. The van der Waals surface area contributed by atoms with Gasteiger partial charge < -0.3 is 14.8 Å². The second-order valence-corrected chi connectivity index (χ2v) is 7.74. The van der Waals surface area contributed by atoms with Gasteiger partial charge in [-0.25, -0.2) is 4.79 Å². The molecular weight excluding hydrogens is 376 g/mol. The van der Waals surface area contributed by atoms with Crippen molar-refractivity contribution in [2.45, 2.75) is 25.3 Å². The molecule has 1 aliphatic carbocycles. The van der Waals surface area contributed by atoms with Crippen molar-refractivity contribution < 1.29 is 14.6 Å². The van der Waals surface area contributed by atoms with E-state index in [0.717, 1.165) is 31.4 Å². The Bertz CT molecular complexity index is 1050. The highest BCUT2D eigenvalue weighted by Crippen LogP contribution is 2.36. The molecule has 0 bridgehead atoms. The molecule has 0 radical (unpaired) electrons. The van der Waals surface area contributed by atoms with Gasteiger partial charge in [-0.1, -0.05) is 36.4 Å². The number of para-hydroxylation sites is 1. The van der Waals surface area contributed by atoms with Crippen molar-refractivity contribution in [2.24, 2.45) is 0 Å². The quantitative estimate of drug-likeness (QED) is 0.442. The van der Waals surface area contributed by atoms with Crippen LogP contribution in [0.3, 0.4) is 0 Å². The molecule has 1 heterocycles. The summed E-state index contributed by atoms with van der Waals surface area (Å²) in [4.78, 5) is 17.1. The summed E-state index contributed by atoms with van der Waals surface area (Å²) in [6.45, 7) is 1.71. The Morgan fingerprint density at radius 2 is 2.13 bits per heavy atom. The maximum Gasteiger partial charge on any atom is 0.330 e. The standard InChI is InChI=1S/C25H28N2O3/c1-30-25(29)11-7-18-6-9-22-19(16-18)8-10-24(22)27(14-15-28)13-12-20-17-26-23-5-3-2-4-21(20)23/h2-7,9,11,16-17,24,26,28H,8,10,12-15H2,1H3/b11-7+. The number of esters is 1. The van der Waals surface area contributed by atoms with Crippen molar-refractivity contribution in [3.8, 4) is 0 Å². The van der Waals surface area contributed by atoms with Crippen LogP contribution in [0.25, 0.3) is 17.0 Å². The van der Waals surface area contributed by atoms with E-state index in [4.69, 9.17) is 0 Å². The predicted octanol–water partition coefficient (Wildman–Crippen LogP) is 3.88. The largest absolute Gasteiger partial charge is 0.466 e. The molecular formula is C25H28N2O3. The van der Waals surface area contributed by atoms with Crippen molar-refractivity contribution in [3.63, 3.8) is 0 Å². The summed E-state index contributed by atoms with van der Waals surface area (Å²) in [6, 6.07) is 15.1. The van der Waals surface area contributed by atoms with Crippen LogP contribution in [0.2, 0.25) is 0 Å². The minimum atomic E-state index is -0.347. The fourth-order valence-electron chi connectivity index (χ4n) is 4.48. The Morgan fingerprint density at radius 1 is 1.27 bits per heavy atom. The Morgan fingerprint density at radius 3 is 2.97 bits per heavy atom. The summed E-state index contributed by atoms with van der Waals surface area (Å²) < 4.78 is 4.67. The van der Waals surface area contributed by atoms with Gasteiger partial charge in [0.1, 0.15) is 0 Å². The van der Waals surface area contributed by atoms with Crippen molar-refractivity contribution in [1.29, 1.82) is 0 Å². The van der Waals surface area contributed by atoms with E-state index in [2.05, 4.69) is 51.1 Å². The number of aliphatic hydroxyl groups is 1. The molecule has 1 aromatic heterocycles. The number of aliphatic hydroxyl groups excluding tert-OH is 1. The van der Waals surface area contributed by atoms with Crippen LogP contribution < -0.4 is 0 Å². The lowest BCUT2D eigenvalue weighted by Crippen LogP contribution is -2.32. The zero-order valence-corrected chi connectivity index (χ0v) is 17.3.